The van der Waals surface area contributed by atoms with Crippen molar-refractivity contribution in [3.63, 3.8) is 0 Å². The molecule has 4 rings (SSSR count). The van der Waals surface area contributed by atoms with Crippen molar-refractivity contribution in [2.24, 2.45) is 0 Å². The van der Waals surface area contributed by atoms with Crippen LogP contribution in [0.3, 0.4) is 0 Å². The maximum atomic E-state index is 12.2. The van der Waals surface area contributed by atoms with E-state index >= 15 is 0 Å². The van der Waals surface area contributed by atoms with E-state index in [4.69, 9.17) is 0 Å². The van der Waals surface area contributed by atoms with Gasteiger partial charge in [0.2, 0.25) is 5.91 Å². The lowest BCUT2D eigenvalue weighted by molar-refractivity contribution is -0.122. The molecule has 2 N–H and O–H groups in total. The van der Waals surface area contributed by atoms with Crippen molar-refractivity contribution < 1.29 is 9.59 Å². The maximum absolute atomic E-state index is 12.2. The Balaban J connectivity index is 1.14. The third-order valence-corrected chi connectivity index (χ3v) is 6.45. The number of aryl methyl sites for hydroxylation is 1. The average molecular weight is 406 g/mol. The molecule has 5 heteroatoms. The van der Waals surface area contributed by atoms with Gasteiger partial charge >= 0.3 is 0 Å². The second-order valence-electron chi connectivity index (χ2n) is 8.69. The molecular formula is C25H31N3O2. The minimum Gasteiger partial charge on any atom is -0.349 e. The molecule has 1 aliphatic carbocycles. The molecule has 1 saturated carbocycles. The largest absolute Gasteiger partial charge is 0.349 e. The molecule has 2 fully saturated rings. The van der Waals surface area contributed by atoms with Crippen molar-refractivity contribution >= 4 is 11.8 Å². The fourth-order valence-electron chi connectivity index (χ4n) is 4.73. The Kier molecular flexibility index (Phi) is 6.48. The van der Waals surface area contributed by atoms with Crippen molar-refractivity contribution in [3.8, 4) is 0 Å². The second kappa shape index (κ2) is 9.43. The molecule has 1 aliphatic heterocycles. The van der Waals surface area contributed by atoms with Crippen LogP contribution in [0, 0.1) is 6.92 Å². The van der Waals surface area contributed by atoms with Crippen LogP contribution >= 0.6 is 0 Å². The van der Waals surface area contributed by atoms with Crippen molar-refractivity contribution in [2.75, 3.05) is 19.6 Å². The van der Waals surface area contributed by atoms with Crippen molar-refractivity contribution in [1.29, 1.82) is 0 Å². The first-order valence-corrected chi connectivity index (χ1v) is 11.0. The van der Waals surface area contributed by atoms with E-state index in [0.717, 1.165) is 18.7 Å². The number of rotatable bonds is 6. The molecule has 30 heavy (non-hydrogen) atoms. The first-order valence-electron chi connectivity index (χ1n) is 11.0. The van der Waals surface area contributed by atoms with Gasteiger partial charge in [0.25, 0.3) is 5.91 Å². The van der Waals surface area contributed by atoms with Crippen LogP contribution in [0.2, 0.25) is 0 Å². The highest BCUT2D eigenvalue weighted by Gasteiger charge is 2.35. The molecule has 158 valence electrons. The van der Waals surface area contributed by atoms with Crippen LogP contribution in [0.15, 0.2) is 54.6 Å². The van der Waals surface area contributed by atoms with Gasteiger partial charge in [-0.1, -0.05) is 48.0 Å². The molecule has 0 unspecified atom stereocenters. The quantitative estimate of drug-likeness (QED) is 0.776. The van der Waals surface area contributed by atoms with Gasteiger partial charge in [-0.3, -0.25) is 14.5 Å². The van der Waals surface area contributed by atoms with E-state index in [0.29, 0.717) is 17.5 Å². The smallest absolute Gasteiger partial charge is 0.251 e. The number of amides is 2. The fourth-order valence-corrected chi connectivity index (χ4v) is 4.73. The van der Waals surface area contributed by atoms with Gasteiger partial charge in [-0.2, -0.15) is 0 Å². The Morgan fingerprint density at radius 1 is 0.967 bits per heavy atom. The van der Waals surface area contributed by atoms with Gasteiger partial charge in [-0.25, -0.2) is 0 Å². The maximum Gasteiger partial charge on any atom is 0.251 e. The summed E-state index contributed by atoms with van der Waals surface area (Å²) in [5, 5.41) is 5.75. The SMILES string of the molecule is Cc1cccc(C(=O)NCC(=O)NC2CN(C3CCC(c4ccccc4)CC3)C2)c1. The Morgan fingerprint density at radius 3 is 2.40 bits per heavy atom. The minimum atomic E-state index is -0.209. The zero-order valence-corrected chi connectivity index (χ0v) is 17.6. The summed E-state index contributed by atoms with van der Waals surface area (Å²) in [6, 6.07) is 19.1. The van der Waals surface area contributed by atoms with Crippen LogP contribution < -0.4 is 10.6 Å². The Morgan fingerprint density at radius 2 is 1.70 bits per heavy atom. The summed E-state index contributed by atoms with van der Waals surface area (Å²) in [7, 11) is 0. The zero-order chi connectivity index (χ0) is 20.9. The Labute approximate surface area is 178 Å². The molecule has 2 aromatic carbocycles. The summed E-state index contributed by atoms with van der Waals surface area (Å²) >= 11 is 0. The predicted octanol–water partition coefficient (Wildman–Crippen LogP) is 3.25. The van der Waals surface area contributed by atoms with E-state index < -0.39 is 0 Å². The van der Waals surface area contributed by atoms with E-state index in [9.17, 15) is 9.59 Å². The molecule has 0 aromatic heterocycles. The third-order valence-electron chi connectivity index (χ3n) is 6.45. The van der Waals surface area contributed by atoms with Crippen LogP contribution in [-0.2, 0) is 4.79 Å². The number of benzene rings is 2. The normalized spacial score (nSPS) is 22.2. The molecular weight excluding hydrogens is 374 g/mol. The van der Waals surface area contributed by atoms with E-state index in [1.165, 1.54) is 31.2 Å². The number of hydrogen-bond donors (Lipinski definition) is 2. The molecule has 0 radical (unpaired) electrons. The molecule has 2 aliphatic rings. The van der Waals surface area contributed by atoms with Crippen molar-refractivity contribution in [2.45, 2.75) is 50.6 Å². The average Bonchev–Trinajstić information content (AvgIpc) is 2.75. The topological polar surface area (TPSA) is 61.4 Å². The molecule has 0 spiro atoms. The summed E-state index contributed by atoms with van der Waals surface area (Å²) in [6.45, 7) is 3.79. The van der Waals surface area contributed by atoms with E-state index in [1.54, 1.807) is 6.07 Å². The van der Waals surface area contributed by atoms with Crippen LogP contribution in [0.5, 0.6) is 0 Å². The number of nitrogens with zero attached hydrogens (tertiary/aromatic N) is 1. The lowest BCUT2D eigenvalue weighted by Crippen LogP contribution is -2.63. The van der Waals surface area contributed by atoms with Gasteiger partial charge in [0.15, 0.2) is 0 Å². The van der Waals surface area contributed by atoms with Gasteiger partial charge in [-0.15, -0.1) is 0 Å². The van der Waals surface area contributed by atoms with E-state index in [-0.39, 0.29) is 24.4 Å². The fraction of sp³-hybridized carbons (Fsp3) is 0.440. The minimum absolute atomic E-state index is 0.0193. The van der Waals surface area contributed by atoms with Gasteiger partial charge < -0.3 is 10.6 Å². The van der Waals surface area contributed by atoms with Crippen LogP contribution in [0.4, 0.5) is 0 Å². The Bertz CT molecular complexity index is 869. The van der Waals surface area contributed by atoms with Gasteiger partial charge in [0.1, 0.15) is 0 Å². The van der Waals surface area contributed by atoms with Gasteiger partial charge in [0.05, 0.1) is 12.6 Å². The summed E-state index contributed by atoms with van der Waals surface area (Å²) in [5.41, 5.74) is 3.08. The second-order valence-corrected chi connectivity index (χ2v) is 8.69. The Hall–Kier alpha value is -2.66. The highest BCUT2D eigenvalue weighted by molar-refractivity contribution is 5.96. The van der Waals surface area contributed by atoms with Gasteiger partial charge in [0, 0.05) is 24.7 Å². The predicted molar refractivity (Wildman–Crippen MR) is 118 cm³/mol. The van der Waals surface area contributed by atoms with Crippen LogP contribution in [-0.4, -0.2) is 48.4 Å². The van der Waals surface area contributed by atoms with E-state index in [1.807, 2.05) is 25.1 Å². The summed E-state index contributed by atoms with van der Waals surface area (Å²) in [5.74, 6) is 0.365. The molecule has 0 bridgehead atoms. The standard InChI is InChI=1S/C25H31N3O2/c1-18-6-5-9-21(14-18)25(30)26-15-24(29)27-22-16-28(17-22)23-12-10-20(11-13-23)19-7-3-2-4-8-19/h2-9,14,20,22-23H,10-13,15-17H2,1H3,(H,26,30)(H,27,29). The van der Waals surface area contributed by atoms with Crippen molar-refractivity contribution in [3.05, 3.63) is 71.3 Å². The molecule has 1 heterocycles. The first-order chi connectivity index (χ1) is 14.6. The number of carbonyl (C=O) groups is 2. The highest BCUT2D eigenvalue weighted by atomic mass is 16.2. The van der Waals surface area contributed by atoms with Gasteiger partial charge in [-0.05, 0) is 56.2 Å². The highest BCUT2D eigenvalue weighted by Crippen LogP contribution is 2.35. The van der Waals surface area contributed by atoms with Crippen LogP contribution in [0.25, 0.3) is 0 Å². The zero-order valence-electron chi connectivity index (χ0n) is 17.6. The number of likely N-dealkylation sites (tertiary alicyclic amines) is 1. The number of nitrogens with one attached hydrogen (secondary N) is 2. The summed E-state index contributed by atoms with van der Waals surface area (Å²) in [6.07, 6.45) is 4.94. The molecule has 2 amide bonds. The number of hydrogen-bond acceptors (Lipinski definition) is 3. The third kappa shape index (κ3) is 5.08. The van der Waals surface area contributed by atoms with E-state index in [2.05, 4.69) is 45.9 Å². The monoisotopic (exact) mass is 405 g/mol. The molecule has 2 aromatic rings. The number of carbonyl (C=O) groups excluding carboxylic acids is 2. The van der Waals surface area contributed by atoms with Crippen LogP contribution in [0.1, 0.15) is 53.1 Å². The van der Waals surface area contributed by atoms with Crippen molar-refractivity contribution in [1.82, 2.24) is 15.5 Å². The summed E-state index contributed by atoms with van der Waals surface area (Å²) in [4.78, 5) is 26.8. The lowest BCUT2D eigenvalue weighted by Gasteiger charge is -2.46. The molecule has 0 atom stereocenters. The first kappa shape index (κ1) is 20.6. The molecule has 1 saturated heterocycles. The molecule has 5 nitrogen and oxygen atoms in total. The summed E-state index contributed by atoms with van der Waals surface area (Å²) < 4.78 is 0. The lowest BCUT2D eigenvalue weighted by atomic mass is 9.80.